The van der Waals surface area contributed by atoms with Crippen molar-refractivity contribution in [2.24, 2.45) is 0 Å². The predicted octanol–water partition coefficient (Wildman–Crippen LogP) is 9.13. The maximum Gasteiger partial charge on any atom is 0.495 e. The molecule has 0 N–H and O–H groups in total. The Kier molecular flexibility index (Phi) is 16.5. The van der Waals surface area contributed by atoms with Gasteiger partial charge in [-0.2, -0.15) is 10.2 Å². The van der Waals surface area contributed by atoms with E-state index in [1.807, 2.05) is 99.3 Å². The van der Waals surface area contributed by atoms with Crippen LogP contribution in [0.3, 0.4) is 0 Å². The van der Waals surface area contributed by atoms with Crippen LogP contribution in [0.4, 0.5) is 0 Å². The molecule has 3 saturated heterocycles. The van der Waals surface area contributed by atoms with Gasteiger partial charge in [-0.1, -0.05) is 36.4 Å². The molecule has 410 valence electrons. The molecule has 0 amide bonds. The van der Waals surface area contributed by atoms with E-state index in [0.29, 0.717) is 13.2 Å². The minimum absolute atomic E-state index is 0.321. The summed E-state index contributed by atoms with van der Waals surface area (Å²) in [6.07, 6.45) is 14.6. The lowest BCUT2D eigenvalue weighted by Crippen LogP contribution is -2.41. The lowest BCUT2D eigenvalue weighted by molar-refractivity contribution is 0.00578. The highest BCUT2D eigenvalue weighted by molar-refractivity contribution is 9.10. The topological polar surface area (TPSA) is 174 Å². The Morgan fingerprint density at radius 3 is 1.61 bits per heavy atom. The molecule has 2 aromatic carbocycles. The summed E-state index contributed by atoms with van der Waals surface area (Å²) in [6, 6.07) is 28.3. The summed E-state index contributed by atoms with van der Waals surface area (Å²) in [5.41, 5.74) is 11.5. The number of aromatic nitrogens is 10. The summed E-state index contributed by atoms with van der Waals surface area (Å²) in [5, 5.41) is 11.0. The van der Waals surface area contributed by atoms with Crippen LogP contribution in [0.2, 0.25) is 0 Å². The molecule has 20 heteroatoms. The highest BCUT2D eigenvalue weighted by atomic mass is 79.9. The second-order valence-electron chi connectivity index (χ2n) is 20.9. The molecule has 0 bridgehead atoms. The van der Waals surface area contributed by atoms with Crippen molar-refractivity contribution in [2.75, 3.05) is 78.9 Å². The Labute approximate surface area is 473 Å². The Morgan fingerprint density at radius 2 is 1.05 bits per heavy atom. The van der Waals surface area contributed by atoms with Crippen LogP contribution < -0.4 is 14.9 Å². The summed E-state index contributed by atoms with van der Waals surface area (Å²) in [7, 11) is -0.340. The quantitative estimate of drug-likeness (QED) is 0.106. The minimum atomic E-state index is -0.340. The zero-order valence-corrected chi connectivity index (χ0v) is 47.5. The van der Waals surface area contributed by atoms with Crippen LogP contribution in [0.1, 0.15) is 39.1 Å². The Balaban J connectivity index is 0.000000132. The molecule has 3 aliphatic heterocycles. The zero-order valence-electron chi connectivity index (χ0n) is 46.0. The Morgan fingerprint density at radius 1 is 0.537 bits per heavy atom. The van der Waals surface area contributed by atoms with E-state index in [1.54, 1.807) is 33.8 Å². The molecule has 0 saturated carbocycles. The van der Waals surface area contributed by atoms with Crippen molar-refractivity contribution in [3.05, 3.63) is 150 Å². The summed E-state index contributed by atoms with van der Waals surface area (Å²) in [6.45, 7) is 22.4. The van der Waals surface area contributed by atoms with Crippen LogP contribution in [-0.4, -0.2) is 156 Å². The van der Waals surface area contributed by atoms with Crippen molar-refractivity contribution >= 4 is 61.6 Å². The van der Waals surface area contributed by atoms with Crippen LogP contribution in [-0.2, 0) is 18.8 Å². The number of ether oxygens (including phenoxy) is 4. The molecule has 10 aromatic rings. The molecule has 13 rings (SSSR count). The van der Waals surface area contributed by atoms with Gasteiger partial charge in [0.2, 0.25) is 0 Å². The number of rotatable bonds is 12. The number of halogens is 1. The molecule has 8 aromatic heterocycles. The molecule has 0 atom stereocenters. The van der Waals surface area contributed by atoms with E-state index in [9.17, 15) is 0 Å². The largest absolute Gasteiger partial charge is 0.495 e. The third-order valence-electron chi connectivity index (χ3n) is 14.9. The molecule has 11 heterocycles. The molecule has 0 radical (unpaired) electrons. The number of morpholine rings is 2. The first-order valence-corrected chi connectivity index (χ1v) is 27.8. The Bertz CT molecular complexity index is 3720. The summed E-state index contributed by atoms with van der Waals surface area (Å²) in [4.78, 5) is 32.1. The number of fused-ring (bicyclic) bond motifs is 4. The highest BCUT2D eigenvalue weighted by Gasteiger charge is 2.52. The van der Waals surface area contributed by atoms with E-state index in [4.69, 9.17) is 33.2 Å². The van der Waals surface area contributed by atoms with Crippen molar-refractivity contribution in [3.63, 3.8) is 0 Å². The van der Waals surface area contributed by atoms with Gasteiger partial charge in [0.1, 0.15) is 24.7 Å². The third-order valence-corrected chi connectivity index (χ3v) is 15.4. The fourth-order valence-corrected chi connectivity index (χ4v) is 10.0. The fourth-order valence-electron chi connectivity index (χ4n) is 9.63. The van der Waals surface area contributed by atoms with Crippen LogP contribution in [0.25, 0.3) is 66.7 Å². The number of aryl methyl sites for hydroxylation is 2. The molecule has 0 unspecified atom stereocenters. The van der Waals surface area contributed by atoms with E-state index in [2.05, 4.69) is 113 Å². The van der Waals surface area contributed by atoms with Crippen molar-refractivity contribution in [2.45, 2.75) is 52.7 Å². The van der Waals surface area contributed by atoms with Gasteiger partial charge in [-0.05, 0) is 122 Å². The monoisotopic (exact) mass is 1140 g/mol. The molecule has 3 fully saturated rings. The van der Waals surface area contributed by atoms with Gasteiger partial charge >= 0.3 is 7.12 Å². The summed E-state index contributed by atoms with van der Waals surface area (Å²) >= 11 is 3.42. The SMILES string of the molecule is Brc1cnn2cc(-c3ccc(OCCN4CCOCC4)cn3)cnc12.Cc1ccc2c(-c3cnn4cc(-c5ccc(OCCN6CCOCC6)cn5)cnc34)cccc2n1.Cc1ccc2c(B3OC(C)(C)C(C)(C)O3)cccc2n1. The second-order valence-corrected chi connectivity index (χ2v) is 21.8. The minimum Gasteiger partial charge on any atom is -0.491 e. The fraction of sp³-hybridized carbons (Fsp3) is 0.333. The van der Waals surface area contributed by atoms with E-state index >= 15 is 0 Å². The van der Waals surface area contributed by atoms with Gasteiger partial charge in [0, 0.05) is 97.5 Å². The maximum atomic E-state index is 6.14. The van der Waals surface area contributed by atoms with Gasteiger partial charge in [-0.25, -0.2) is 19.0 Å². The number of nitrogens with zero attached hydrogens (tertiary/aromatic N) is 12. The van der Waals surface area contributed by atoms with Gasteiger partial charge < -0.3 is 28.3 Å². The van der Waals surface area contributed by atoms with Crippen LogP contribution >= 0.6 is 15.9 Å². The van der Waals surface area contributed by atoms with Crippen molar-refractivity contribution < 1.29 is 28.3 Å². The average molecular weight is 1140 g/mol. The maximum absolute atomic E-state index is 6.14. The van der Waals surface area contributed by atoms with Crippen LogP contribution in [0.5, 0.6) is 11.5 Å². The normalized spacial score (nSPS) is 16.4. The van der Waals surface area contributed by atoms with Gasteiger partial charge in [0.15, 0.2) is 11.3 Å². The molecule has 18 nitrogen and oxygen atoms in total. The summed E-state index contributed by atoms with van der Waals surface area (Å²) < 4.78 is 39.1. The van der Waals surface area contributed by atoms with Gasteiger partial charge in [0.05, 0.1) is 89.3 Å². The number of hydrogen-bond acceptors (Lipinski definition) is 16. The zero-order chi connectivity index (χ0) is 55.2. The molecular weight excluding hydrogens is 1080 g/mol. The predicted molar refractivity (Wildman–Crippen MR) is 313 cm³/mol. The van der Waals surface area contributed by atoms with Gasteiger partial charge in [0.25, 0.3) is 0 Å². The van der Waals surface area contributed by atoms with Crippen molar-refractivity contribution in [3.8, 4) is 45.1 Å². The first kappa shape index (κ1) is 54.7. The molecular formula is C60H64BBrN12O6. The smallest absolute Gasteiger partial charge is 0.491 e. The first-order valence-electron chi connectivity index (χ1n) is 27.0. The molecule has 80 heavy (non-hydrogen) atoms. The lowest BCUT2D eigenvalue weighted by atomic mass is 9.76. The summed E-state index contributed by atoms with van der Waals surface area (Å²) in [5.74, 6) is 1.53. The van der Waals surface area contributed by atoms with Crippen molar-refractivity contribution in [1.29, 1.82) is 0 Å². The van der Waals surface area contributed by atoms with E-state index in [-0.39, 0.29) is 18.3 Å². The van der Waals surface area contributed by atoms with Gasteiger partial charge in [-0.15, -0.1) is 0 Å². The highest BCUT2D eigenvalue weighted by Crippen LogP contribution is 2.37. The Hall–Kier alpha value is -7.30. The molecule has 0 aliphatic carbocycles. The van der Waals surface area contributed by atoms with Crippen LogP contribution in [0.15, 0.2) is 139 Å². The number of pyridine rings is 4. The molecule has 3 aliphatic rings. The third kappa shape index (κ3) is 12.5. The lowest BCUT2D eigenvalue weighted by Gasteiger charge is -2.32. The van der Waals surface area contributed by atoms with E-state index in [1.165, 1.54) is 0 Å². The van der Waals surface area contributed by atoms with Crippen molar-refractivity contribution in [1.82, 2.24) is 58.9 Å². The van der Waals surface area contributed by atoms with Gasteiger partial charge in [-0.3, -0.25) is 29.7 Å². The van der Waals surface area contributed by atoms with E-state index in [0.717, 1.165) is 165 Å². The second kappa shape index (κ2) is 24.2. The molecule has 0 spiro atoms. The number of hydrogen-bond donors (Lipinski definition) is 0. The standard InChI is InChI=1S/C27H26N6O2.C17H18BrN5O2.C16H20BNO2/c1-19-5-7-23-22(3-2-4-26(23)31-19)24-17-30-33-18-20(15-29-27(24)33)25-8-6-21(16-28-25)35-14-11-32-9-12-34-13-10-32;18-15-11-21-23-12-13(9-20-17(15)23)16-2-1-14(10-19-16)25-8-5-22-3-6-24-7-4-22;1-11-9-10-12-13(7-6-8-14(12)18-11)17-19-15(2,3)16(4,5)20-17/h2-8,15-18H,9-14H2,1H3;1-2,9-12H,3-8H2;6-10H,1-5H3. The number of benzene rings is 2. The average Bonchev–Trinajstić information content (AvgIpc) is 4.17. The first-order chi connectivity index (χ1) is 38.8. The van der Waals surface area contributed by atoms with Crippen LogP contribution in [0, 0.1) is 13.8 Å². The van der Waals surface area contributed by atoms with E-state index < -0.39 is 0 Å².